The van der Waals surface area contributed by atoms with Gasteiger partial charge in [0.2, 0.25) is 53.2 Å². The molecule has 0 saturated carbocycles. The normalized spacial score (nSPS) is 13.8. The summed E-state index contributed by atoms with van der Waals surface area (Å²) in [6.07, 6.45) is 19.8. The molecule has 0 spiro atoms. The third-order valence-electron chi connectivity index (χ3n) is 13.9. The van der Waals surface area contributed by atoms with Crippen molar-refractivity contribution in [2.75, 3.05) is 59.7 Å². The molecule has 30 nitrogen and oxygen atoms in total. The first-order valence-electron chi connectivity index (χ1n) is 30.1. The number of carboxylic acid groups (broad SMARTS) is 1. The van der Waals surface area contributed by atoms with E-state index in [9.17, 15) is 63.0 Å². The fraction of sp³-hybridized carbons (Fsp3) is 0.732. The van der Waals surface area contributed by atoms with Gasteiger partial charge < -0.3 is 73.7 Å². The summed E-state index contributed by atoms with van der Waals surface area (Å²) in [6, 6.07) is -6.89. The molecule has 0 radical (unpaired) electrons. The summed E-state index contributed by atoms with van der Waals surface area (Å²) in [6.45, 7) is -0.538. The maximum atomic E-state index is 13.8. The number of Topliss-reactive ketones (excluding diaryl/α,β-unsaturated/α-hetero) is 1. The molecular weight excluding hydrogens is 1120 g/mol. The van der Waals surface area contributed by atoms with Crippen LogP contribution in [0.2, 0.25) is 0 Å². The molecule has 2 rings (SSSR count). The molecule has 1 aromatic rings. The summed E-state index contributed by atoms with van der Waals surface area (Å²) < 4.78 is 10.7. The number of nitrogens with one attached hydrogen (secondary N) is 9. The Morgan fingerprint density at radius 3 is 1.81 bits per heavy atom. The number of amides is 9. The highest BCUT2D eigenvalue weighted by atomic mass is 16.5. The number of aliphatic carboxylic acids is 1. The molecule has 0 aromatic carbocycles. The number of tetrazole rings is 1. The van der Waals surface area contributed by atoms with Gasteiger partial charge in [0.15, 0.2) is 5.82 Å². The number of carbonyl (C=O) groups excluding carboxylic acids is 10. The number of ketones is 1. The van der Waals surface area contributed by atoms with Crippen LogP contribution in [0, 0.1) is 5.92 Å². The fourth-order valence-corrected chi connectivity index (χ4v) is 8.98. The van der Waals surface area contributed by atoms with Crippen molar-refractivity contribution in [3.63, 3.8) is 0 Å². The number of ether oxygens (including phenoxy) is 2. The first-order chi connectivity index (χ1) is 41.4. The Morgan fingerprint density at radius 1 is 0.640 bits per heavy atom. The highest BCUT2D eigenvalue weighted by molar-refractivity contribution is 5.97. The molecule has 484 valence electrons. The number of aliphatic hydroxyl groups excluding tert-OH is 1. The number of hydrogen-bond acceptors (Lipinski definition) is 19. The van der Waals surface area contributed by atoms with E-state index in [4.69, 9.17) is 20.9 Å². The van der Waals surface area contributed by atoms with Crippen molar-refractivity contribution in [3.05, 3.63) is 17.6 Å². The molecule has 86 heavy (non-hydrogen) atoms. The molecule has 2 heterocycles. The third-order valence-corrected chi connectivity index (χ3v) is 13.9. The van der Waals surface area contributed by atoms with Crippen LogP contribution in [0.4, 0.5) is 0 Å². The number of unbranched alkanes of at least 4 members (excludes halogenated alkanes) is 13. The number of aromatic amines is 1. The third kappa shape index (κ3) is 34.6. The summed E-state index contributed by atoms with van der Waals surface area (Å²) in [4.78, 5) is 145. The Labute approximate surface area is 502 Å². The lowest BCUT2D eigenvalue weighted by atomic mass is 9.93. The van der Waals surface area contributed by atoms with E-state index in [1.807, 2.05) is 6.92 Å². The highest BCUT2D eigenvalue weighted by Gasteiger charge is 2.33. The number of hydrogen-bond donors (Lipinski definition) is 13. The lowest BCUT2D eigenvalue weighted by molar-refractivity contribution is -0.138. The van der Waals surface area contributed by atoms with Crippen molar-refractivity contribution in [1.82, 2.24) is 63.2 Å². The number of primary amides is 1. The summed E-state index contributed by atoms with van der Waals surface area (Å²) in [5.41, 5.74) is 11.6. The van der Waals surface area contributed by atoms with E-state index < -0.39 is 121 Å². The number of allylic oxidation sites excluding steroid dienone is 1. The van der Waals surface area contributed by atoms with Crippen LogP contribution in [0.5, 0.6) is 0 Å². The van der Waals surface area contributed by atoms with E-state index in [1.165, 1.54) is 52.0 Å². The summed E-state index contributed by atoms with van der Waals surface area (Å²) in [5, 5.41) is 52.9. The van der Waals surface area contributed by atoms with Gasteiger partial charge in [0.25, 0.3) is 0 Å². The molecule has 0 fully saturated rings. The molecule has 0 aliphatic carbocycles. The van der Waals surface area contributed by atoms with Crippen molar-refractivity contribution in [2.24, 2.45) is 22.4 Å². The number of carboxylic acids is 1. The van der Waals surface area contributed by atoms with Gasteiger partial charge in [0.1, 0.15) is 42.6 Å². The zero-order chi connectivity index (χ0) is 63.3. The molecule has 0 saturated heterocycles. The topological polar surface area (TPSA) is 462 Å². The number of likely N-dealkylation sites (N-methyl/N-ethyl adjacent to an activating group) is 1. The number of nitrogens with two attached hydrogens (primary N) is 2. The quantitative estimate of drug-likeness (QED) is 0.0356. The molecule has 1 aliphatic heterocycles. The van der Waals surface area contributed by atoms with Gasteiger partial charge >= 0.3 is 5.97 Å². The minimum atomic E-state index is -1.67. The van der Waals surface area contributed by atoms with Crippen LogP contribution in [0.1, 0.15) is 167 Å². The average molecular weight is 1220 g/mol. The second-order valence-corrected chi connectivity index (χ2v) is 21.0. The lowest BCUT2D eigenvalue weighted by Crippen LogP contribution is -2.60. The van der Waals surface area contributed by atoms with Gasteiger partial charge in [-0.3, -0.25) is 57.7 Å². The van der Waals surface area contributed by atoms with Crippen LogP contribution in [0.15, 0.2) is 16.8 Å². The molecule has 15 N–H and O–H groups in total. The molecular formula is C56H95N15O15. The van der Waals surface area contributed by atoms with Crippen molar-refractivity contribution in [3.8, 4) is 0 Å². The summed E-state index contributed by atoms with van der Waals surface area (Å²) >= 11 is 0. The van der Waals surface area contributed by atoms with Crippen molar-refractivity contribution < 1.29 is 72.4 Å². The Balaban J connectivity index is 1.73. The van der Waals surface area contributed by atoms with E-state index in [-0.39, 0.29) is 70.8 Å². The van der Waals surface area contributed by atoms with E-state index in [0.717, 1.165) is 50.8 Å². The second kappa shape index (κ2) is 46.0. The molecule has 0 unspecified atom stereocenters. The van der Waals surface area contributed by atoms with Gasteiger partial charge in [-0.15, -0.1) is 10.2 Å². The Morgan fingerprint density at radius 2 is 1.23 bits per heavy atom. The van der Waals surface area contributed by atoms with E-state index >= 15 is 0 Å². The van der Waals surface area contributed by atoms with Gasteiger partial charge in [-0.25, -0.2) is 0 Å². The van der Waals surface area contributed by atoms with Gasteiger partial charge in [0.05, 0.1) is 33.0 Å². The van der Waals surface area contributed by atoms with Gasteiger partial charge in [-0.1, -0.05) is 102 Å². The summed E-state index contributed by atoms with van der Waals surface area (Å²) in [5.74, 6) is -8.27. The minimum Gasteiger partial charge on any atom is -0.481 e. The molecule has 1 aliphatic rings. The lowest BCUT2D eigenvalue weighted by Gasteiger charge is -2.26. The summed E-state index contributed by atoms with van der Waals surface area (Å²) in [7, 11) is 1.42. The van der Waals surface area contributed by atoms with Crippen LogP contribution < -0.4 is 54.0 Å². The first-order valence-corrected chi connectivity index (χ1v) is 30.1. The van der Waals surface area contributed by atoms with Gasteiger partial charge in [-0.05, 0) is 32.1 Å². The molecule has 0 bridgehead atoms. The molecule has 1 aromatic heterocycles. The average Bonchev–Trinajstić information content (AvgIpc) is 4.31. The Hall–Kier alpha value is -7.31. The van der Waals surface area contributed by atoms with Crippen LogP contribution in [-0.2, 0) is 68.6 Å². The monoisotopic (exact) mass is 1220 g/mol. The molecule has 30 heteroatoms. The van der Waals surface area contributed by atoms with E-state index in [2.05, 4.69) is 68.2 Å². The van der Waals surface area contributed by atoms with Crippen LogP contribution >= 0.6 is 0 Å². The van der Waals surface area contributed by atoms with Crippen LogP contribution in [0.3, 0.4) is 0 Å². The number of carbonyl (C=O) groups is 11. The first kappa shape index (κ1) is 74.8. The highest BCUT2D eigenvalue weighted by Crippen LogP contribution is 2.18. The van der Waals surface area contributed by atoms with Crippen LogP contribution in [0.25, 0.3) is 0 Å². The van der Waals surface area contributed by atoms with Crippen molar-refractivity contribution in [2.45, 2.75) is 198 Å². The van der Waals surface area contributed by atoms with Gasteiger partial charge in [-0.2, -0.15) is 5.21 Å². The molecule has 6 atom stereocenters. The maximum absolute atomic E-state index is 13.8. The fourth-order valence-electron chi connectivity index (χ4n) is 8.98. The smallest absolute Gasteiger partial charge is 0.303 e. The number of H-pyrrole nitrogens is 1. The number of aryl methyl sites for hydroxylation is 1. The number of nitrogens with zero attached hydrogens (tertiary/aromatic N) is 4. The standard InChI is InChI=1S/C56H95N15O15/c1-3-4-21-41(52(80)59-2)64-55(83)44(34-57)67-54(82)43(33-39-19-18-27-60-39)66-53(81)42(24-25-46(58)74)65-56(84)45(36-72)63-48(75)35-62-49(76)37-86-31-30-85-29-28-61-51(79)38(23-26-50(77)78)32-40(73)20-16-14-12-10-8-6-5-7-9-11-13-15-17-22-47-68-70-71-69-47/h19,27,38,41-45,72H,3-18,20-26,28-37,57H2,1-2H3,(H2,58,74)(H,59,80)(H,61,79)(H,62,76)(H,63,75)(H,64,83)(H,65,84)(H,66,81)(H,67,82)(H,77,78)(H,68,69,70,71)/t38-,41-,42-,43-,44-,45-/m0/s1. The Kier molecular flexibility index (Phi) is 40.0. The predicted octanol–water partition coefficient (Wildman–Crippen LogP) is -0.765. The largest absolute Gasteiger partial charge is 0.481 e. The predicted molar refractivity (Wildman–Crippen MR) is 314 cm³/mol. The molecule has 9 amide bonds. The second-order valence-electron chi connectivity index (χ2n) is 21.0. The van der Waals surface area contributed by atoms with Crippen molar-refractivity contribution >= 4 is 71.1 Å². The zero-order valence-corrected chi connectivity index (χ0v) is 50.1. The number of aliphatic imine (C=N–C) groups is 1. The zero-order valence-electron chi connectivity index (χ0n) is 50.1. The van der Waals surface area contributed by atoms with Crippen molar-refractivity contribution in [1.29, 1.82) is 0 Å². The van der Waals surface area contributed by atoms with E-state index in [1.54, 1.807) is 12.3 Å². The Bertz CT molecular complexity index is 2310. The maximum Gasteiger partial charge on any atom is 0.303 e. The number of aromatic nitrogens is 4. The SMILES string of the molecule is CCCC[C@H](NC(=O)[C@H](CN)NC(=O)[C@H](CC1=CCC=N1)NC(=O)[C@H](CCC(N)=O)NC(=O)[C@H](CO)NC(=O)CNC(=O)COCCOCCNC(=O)[C@@H](CCC(=O)O)CC(=O)CCCCCCCCCCCCCCCc1nn[nH]n1)C(=O)NC. The van der Waals surface area contributed by atoms with Gasteiger partial charge in [0, 0.05) is 82.9 Å². The number of aliphatic hydroxyl groups is 1. The van der Waals surface area contributed by atoms with Crippen LogP contribution in [-0.4, -0.2) is 192 Å². The van der Waals surface area contributed by atoms with E-state index in [0.29, 0.717) is 37.8 Å². The minimum absolute atomic E-state index is 0.0111. The number of rotatable bonds is 52.